The largest absolute Gasteiger partial charge is 0.329 e. The van der Waals surface area contributed by atoms with Crippen LogP contribution in [-0.2, 0) is 6.54 Å². The zero-order chi connectivity index (χ0) is 10.1. The fraction of sp³-hybridized carbons (Fsp3) is 0.300. The van der Waals surface area contributed by atoms with Crippen LogP contribution in [0.2, 0.25) is 5.02 Å². The molecular weight excluding hydrogens is 198 g/mol. The zero-order valence-electron chi connectivity index (χ0n) is 8.00. The number of aromatic nitrogens is 2. The third-order valence-electron chi connectivity index (χ3n) is 2.27. The maximum atomic E-state index is 6.00. The van der Waals surface area contributed by atoms with Gasteiger partial charge in [-0.3, -0.25) is 4.68 Å². The first kappa shape index (κ1) is 9.49. The van der Waals surface area contributed by atoms with Crippen LogP contribution in [0.3, 0.4) is 0 Å². The molecule has 14 heavy (non-hydrogen) atoms. The average molecular weight is 210 g/mol. The first-order valence-corrected chi connectivity index (χ1v) is 4.92. The molecule has 0 amide bonds. The van der Waals surface area contributed by atoms with Crippen LogP contribution < -0.4 is 5.73 Å². The van der Waals surface area contributed by atoms with E-state index in [9.17, 15) is 0 Å². The number of hydrogen-bond donors (Lipinski definition) is 1. The second-order valence-corrected chi connectivity index (χ2v) is 3.70. The van der Waals surface area contributed by atoms with Gasteiger partial charge in [-0.05, 0) is 24.6 Å². The molecule has 0 aliphatic rings. The lowest BCUT2D eigenvalue weighted by Crippen LogP contribution is -2.09. The third kappa shape index (κ3) is 1.49. The summed E-state index contributed by atoms with van der Waals surface area (Å²) in [6.07, 6.45) is 1.99. The Hall–Kier alpha value is -1.06. The van der Waals surface area contributed by atoms with Gasteiger partial charge in [0.05, 0.1) is 12.1 Å². The number of aryl methyl sites for hydroxylation is 1. The maximum Gasteiger partial charge on any atom is 0.0967 e. The van der Waals surface area contributed by atoms with Gasteiger partial charge in [0.25, 0.3) is 0 Å². The Balaban J connectivity index is 2.59. The molecule has 0 aliphatic carbocycles. The first-order chi connectivity index (χ1) is 6.72. The molecule has 0 saturated carbocycles. The highest BCUT2D eigenvalue weighted by atomic mass is 35.5. The number of halogens is 1. The summed E-state index contributed by atoms with van der Waals surface area (Å²) in [5.41, 5.74) is 7.45. The van der Waals surface area contributed by atoms with Crippen LogP contribution >= 0.6 is 11.6 Å². The topological polar surface area (TPSA) is 43.8 Å². The number of nitrogens with two attached hydrogens (primary N) is 1. The second-order valence-electron chi connectivity index (χ2n) is 3.29. The monoisotopic (exact) mass is 209 g/mol. The van der Waals surface area contributed by atoms with E-state index in [0.29, 0.717) is 6.54 Å². The van der Waals surface area contributed by atoms with E-state index >= 15 is 0 Å². The summed E-state index contributed by atoms with van der Waals surface area (Å²) in [7, 11) is 0. The van der Waals surface area contributed by atoms with Crippen LogP contribution in [0.25, 0.3) is 10.9 Å². The number of fused-ring (bicyclic) bond motifs is 1. The van der Waals surface area contributed by atoms with E-state index < -0.39 is 0 Å². The molecule has 0 radical (unpaired) electrons. The van der Waals surface area contributed by atoms with Gasteiger partial charge in [-0.2, -0.15) is 5.10 Å². The minimum absolute atomic E-state index is 0.598. The predicted octanol–water partition coefficient (Wildman–Crippen LogP) is 1.96. The maximum absolute atomic E-state index is 6.00. The molecule has 2 N–H and O–H groups in total. The molecule has 0 spiro atoms. The quantitative estimate of drug-likeness (QED) is 0.822. The van der Waals surface area contributed by atoms with Crippen molar-refractivity contribution in [3.63, 3.8) is 0 Å². The predicted molar refractivity (Wildman–Crippen MR) is 58.5 cm³/mol. The highest BCUT2D eigenvalue weighted by molar-refractivity contribution is 6.32. The fourth-order valence-electron chi connectivity index (χ4n) is 1.50. The number of nitrogens with zero attached hydrogens (tertiary/aromatic N) is 2. The van der Waals surface area contributed by atoms with Gasteiger partial charge in [-0.15, -0.1) is 0 Å². The van der Waals surface area contributed by atoms with Crippen LogP contribution in [0.1, 0.15) is 5.56 Å². The van der Waals surface area contributed by atoms with Gasteiger partial charge in [0, 0.05) is 23.2 Å². The van der Waals surface area contributed by atoms with Gasteiger partial charge < -0.3 is 5.73 Å². The van der Waals surface area contributed by atoms with Crippen molar-refractivity contribution in [1.82, 2.24) is 9.78 Å². The molecular formula is C10H12ClN3. The summed E-state index contributed by atoms with van der Waals surface area (Å²) >= 11 is 6.00. The van der Waals surface area contributed by atoms with E-state index in [1.165, 1.54) is 0 Å². The molecule has 3 nitrogen and oxygen atoms in total. The van der Waals surface area contributed by atoms with E-state index in [4.69, 9.17) is 17.3 Å². The van der Waals surface area contributed by atoms with Gasteiger partial charge in [0.15, 0.2) is 0 Å². The summed E-state index contributed by atoms with van der Waals surface area (Å²) in [6.45, 7) is 3.32. The van der Waals surface area contributed by atoms with Crippen LogP contribution in [0.5, 0.6) is 0 Å². The van der Waals surface area contributed by atoms with Crippen LogP contribution in [0.15, 0.2) is 18.3 Å². The smallest absolute Gasteiger partial charge is 0.0967 e. The Morgan fingerprint density at radius 1 is 1.50 bits per heavy atom. The molecule has 4 heteroatoms. The number of hydrogen-bond acceptors (Lipinski definition) is 2. The molecule has 0 atom stereocenters. The highest BCUT2D eigenvalue weighted by Gasteiger charge is 2.05. The summed E-state index contributed by atoms with van der Waals surface area (Å²) < 4.78 is 1.86. The molecule has 1 aromatic carbocycles. The standard InChI is InChI=1S/C10H12ClN3/c1-7-9(11)3-2-8-6-14(5-4-12)13-10(7)8/h2-3,6H,4-5,12H2,1H3. The van der Waals surface area contributed by atoms with Crippen molar-refractivity contribution in [2.75, 3.05) is 6.54 Å². The van der Waals surface area contributed by atoms with Crippen molar-refractivity contribution < 1.29 is 0 Å². The number of benzene rings is 1. The van der Waals surface area contributed by atoms with Gasteiger partial charge in [0.1, 0.15) is 0 Å². The van der Waals surface area contributed by atoms with Gasteiger partial charge >= 0.3 is 0 Å². The summed E-state index contributed by atoms with van der Waals surface area (Å²) in [5.74, 6) is 0. The van der Waals surface area contributed by atoms with Crippen LogP contribution in [0, 0.1) is 6.92 Å². The molecule has 1 heterocycles. The fourth-order valence-corrected chi connectivity index (χ4v) is 1.65. The SMILES string of the molecule is Cc1c(Cl)ccc2cn(CCN)nc12. The van der Waals surface area contributed by atoms with Crippen molar-refractivity contribution >= 4 is 22.5 Å². The van der Waals surface area contributed by atoms with E-state index in [1.807, 2.05) is 29.9 Å². The molecule has 2 rings (SSSR count). The van der Waals surface area contributed by atoms with Crippen molar-refractivity contribution in [3.05, 3.63) is 28.9 Å². The second kappa shape index (κ2) is 3.59. The molecule has 0 bridgehead atoms. The lowest BCUT2D eigenvalue weighted by molar-refractivity contribution is 0.631. The minimum atomic E-state index is 0.598. The average Bonchev–Trinajstić information content (AvgIpc) is 2.56. The van der Waals surface area contributed by atoms with E-state index in [1.54, 1.807) is 0 Å². The molecule has 0 aliphatic heterocycles. The van der Waals surface area contributed by atoms with Gasteiger partial charge in [-0.25, -0.2) is 0 Å². The van der Waals surface area contributed by atoms with Gasteiger partial charge in [0.2, 0.25) is 0 Å². The van der Waals surface area contributed by atoms with Crippen LogP contribution in [-0.4, -0.2) is 16.3 Å². The number of rotatable bonds is 2. The van der Waals surface area contributed by atoms with E-state index in [-0.39, 0.29) is 0 Å². The molecule has 0 fully saturated rings. The van der Waals surface area contributed by atoms with Gasteiger partial charge in [-0.1, -0.05) is 11.6 Å². The lowest BCUT2D eigenvalue weighted by atomic mass is 10.2. The molecule has 0 saturated heterocycles. The molecule has 0 unspecified atom stereocenters. The van der Waals surface area contributed by atoms with E-state index in [0.717, 1.165) is 28.0 Å². The van der Waals surface area contributed by atoms with Crippen molar-refractivity contribution in [1.29, 1.82) is 0 Å². The Morgan fingerprint density at radius 2 is 2.29 bits per heavy atom. The summed E-state index contributed by atoms with van der Waals surface area (Å²) in [6, 6.07) is 3.87. The Kier molecular flexibility index (Phi) is 2.44. The van der Waals surface area contributed by atoms with Crippen molar-refractivity contribution in [3.8, 4) is 0 Å². The third-order valence-corrected chi connectivity index (χ3v) is 2.68. The van der Waals surface area contributed by atoms with Crippen LogP contribution in [0.4, 0.5) is 0 Å². The Morgan fingerprint density at radius 3 is 3.00 bits per heavy atom. The zero-order valence-corrected chi connectivity index (χ0v) is 8.75. The first-order valence-electron chi connectivity index (χ1n) is 4.54. The summed E-state index contributed by atoms with van der Waals surface area (Å²) in [5, 5.41) is 6.29. The van der Waals surface area contributed by atoms with E-state index in [2.05, 4.69) is 5.10 Å². The summed E-state index contributed by atoms with van der Waals surface area (Å²) in [4.78, 5) is 0. The van der Waals surface area contributed by atoms with Crippen molar-refractivity contribution in [2.24, 2.45) is 5.73 Å². The normalized spacial score (nSPS) is 11.1. The lowest BCUT2D eigenvalue weighted by Gasteiger charge is -1.96. The Labute approximate surface area is 87.5 Å². The molecule has 2 aromatic rings. The molecule has 1 aromatic heterocycles. The minimum Gasteiger partial charge on any atom is -0.329 e. The van der Waals surface area contributed by atoms with Crippen molar-refractivity contribution in [2.45, 2.75) is 13.5 Å². The highest BCUT2D eigenvalue weighted by Crippen LogP contribution is 2.23. The Bertz CT molecular complexity index is 462. The molecule has 74 valence electrons.